The number of aromatic nitrogens is 4. The van der Waals surface area contributed by atoms with Gasteiger partial charge in [-0.05, 0) is 62.6 Å². The topological polar surface area (TPSA) is 142 Å². The number of rotatable bonds is 7. The Balaban J connectivity index is 1.42. The smallest absolute Gasteiger partial charge is 0.269 e. The molecule has 0 amide bonds. The molecule has 12 heteroatoms. The van der Waals surface area contributed by atoms with Crippen molar-refractivity contribution in [2.24, 2.45) is 16.2 Å². The molecule has 1 aromatic carbocycles. The molecule has 3 heterocycles. The second kappa shape index (κ2) is 8.91. The molecule has 38 heavy (non-hydrogen) atoms. The van der Waals surface area contributed by atoms with Crippen molar-refractivity contribution in [2.45, 2.75) is 62.1 Å². The van der Waals surface area contributed by atoms with Crippen LogP contribution < -0.4 is 5.73 Å². The molecule has 0 bridgehead atoms. The predicted molar refractivity (Wildman–Crippen MR) is 147 cm³/mol. The van der Waals surface area contributed by atoms with E-state index in [1.807, 2.05) is 11.5 Å². The molecule has 200 valence electrons. The van der Waals surface area contributed by atoms with Crippen LogP contribution in [-0.4, -0.2) is 46.8 Å². The van der Waals surface area contributed by atoms with Gasteiger partial charge in [-0.1, -0.05) is 31.0 Å². The Kier molecular flexibility index (Phi) is 5.87. The first-order chi connectivity index (χ1) is 18.1. The van der Waals surface area contributed by atoms with E-state index in [-0.39, 0.29) is 28.0 Å². The molecule has 6 rings (SSSR count). The number of fused-ring (bicyclic) bond motifs is 3. The first-order valence-corrected chi connectivity index (χ1v) is 15.8. The van der Waals surface area contributed by atoms with Crippen LogP contribution in [0.25, 0.3) is 22.1 Å². The second-order valence-corrected chi connectivity index (χ2v) is 14.2. The molecule has 4 aromatic rings. The summed E-state index contributed by atoms with van der Waals surface area (Å²) in [6, 6.07) is 8.42. The third-order valence-corrected chi connectivity index (χ3v) is 11.3. The minimum absolute atomic E-state index is 0.000772. The van der Waals surface area contributed by atoms with E-state index in [1.54, 1.807) is 42.7 Å². The maximum absolute atomic E-state index is 13.5. The molecular formula is C26H30N6O4S2. The summed E-state index contributed by atoms with van der Waals surface area (Å²) in [5.41, 5.74) is 9.04. The summed E-state index contributed by atoms with van der Waals surface area (Å²) >= 11 is 0. The quantitative estimate of drug-likeness (QED) is 0.340. The number of nitrogens with zero attached hydrogens (tertiary/aromatic N) is 5. The van der Waals surface area contributed by atoms with E-state index in [1.165, 1.54) is 10.2 Å². The SMILES string of the molecule is CC[C@@H]1CC(/C=N/S(=O)(=O)C2CC2)C[C@@H]1n1c(N)nc2cnc3c(ccn3S(=O)(=O)c3ccc(C)cc3)c21. The molecule has 2 fully saturated rings. The number of nitrogens with two attached hydrogens (primary N) is 1. The largest absolute Gasteiger partial charge is 0.369 e. The van der Waals surface area contributed by atoms with Gasteiger partial charge in [-0.15, -0.1) is 0 Å². The fraction of sp³-hybridized carbons (Fsp3) is 0.423. The Bertz CT molecular complexity index is 1780. The van der Waals surface area contributed by atoms with Crippen molar-refractivity contribution in [3.05, 3.63) is 48.3 Å². The fourth-order valence-corrected chi connectivity index (χ4v) is 8.21. The lowest BCUT2D eigenvalue weighted by molar-refractivity contribution is 0.381. The van der Waals surface area contributed by atoms with E-state index < -0.39 is 20.0 Å². The molecule has 3 atom stereocenters. The standard InChI is InChI=1S/C26H30N6O4S2/c1-3-18-12-17(14-29-37(33,34)19-8-9-19)13-23(18)32-24-21-10-11-31(25(21)28-15-22(24)30-26(32)27)38(35,36)20-6-4-16(2)5-7-20/h4-7,10-11,14-15,17-19,23H,3,8-9,12-13H2,1-2H3,(H2,27,30)/b29-14+/t17?,18-,23+/m1/s1. The number of aryl methyl sites for hydroxylation is 1. The number of imidazole rings is 1. The van der Waals surface area contributed by atoms with Crippen molar-refractivity contribution < 1.29 is 16.8 Å². The Morgan fingerprint density at radius 1 is 1.11 bits per heavy atom. The monoisotopic (exact) mass is 554 g/mol. The molecule has 0 saturated heterocycles. The van der Waals surface area contributed by atoms with E-state index in [0.717, 1.165) is 23.9 Å². The van der Waals surface area contributed by atoms with Gasteiger partial charge in [0.15, 0.2) is 5.65 Å². The highest BCUT2D eigenvalue weighted by Gasteiger charge is 2.38. The molecule has 10 nitrogen and oxygen atoms in total. The number of hydrogen-bond acceptors (Lipinski definition) is 7. The van der Waals surface area contributed by atoms with Gasteiger partial charge in [-0.25, -0.2) is 30.8 Å². The van der Waals surface area contributed by atoms with Crippen molar-refractivity contribution in [3.63, 3.8) is 0 Å². The van der Waals surface area contributed by atoms with Gasteiger partial charge in [0.1, 0.15) is 5.52 Å². The van der Waals surface area contributed by atoms with Crippen LogP contribution in [0.3, 0.4) is 0 Å². The van der Waals surface area contributed by atoms with Crippen molar-refractivity contribution in [2.75, 3.05) is 5.73 Å². The Hall–Kier alpha value is -3.25. The first kappa shape index (κ1) is 25.1. The summed E-state index contributed by atoms with van der Waals surface area (Å²) in [6.45, 7) is 4.01. The Morgan fingerprint density at radius 2 is 1.84 bits per heavy atom. The van der Waals surface area contributed by atoms with Crippen molar-refractivity contribution in [1.82, 2.24) is 18.5 Å². The first-order valence-electron chi connectivity index (χ1n) is 12.8. The van der Waals surface area contributed by atoms with Crippen LogP contribution in [0.1, 0.15) is 50.6 Å². The summed E-state index contributed by atoms with van der Waals surface area (Å²) < 4.78 is 58.7. The molecular weight excluding hydrogens is 524 g/mol. The molecule has 2 N–H and O–H groups in total. The van der Waals surface area contributed by atoms with Gasteiger partial charge >= 0.3 is 0 Å². The lowest BCUT2D eigenvalue weighted by Crippen LogP contribution is -2.16. The average molecular weight is 555 g/mol. The molecule has 2 saturated carbocycles. The maximum Gasteiger partial charge on any atom is 0.269 e. The van der Waals surface area contributed by atoms with Gasteiger partial charge < -0.3 is 10.3 Å². The molecule has 0 aliphatic heterocycles. The van der Waals surface area contributed by atoms with Crippen LogP contribution in [0.5, 0.6) is 0 Å². The summed E-state index contributed by atoms with van der Waals surface area (Å²) in [4.78, 5) is 9.19. The summed E-state index contributed by atoms with van der Waals surface area (Å²) in [7, 11) is -7.28. The number of benzene rings is 1. The van der Waals surface area contributed by atoms with E-state index in [4.69, 9.17) is 5.73 Å². The normalized spacial score (nSPS) is 22.7. The van der Waals surface area contributed by atoms with Gasteiger partial charge in [-0.3, -0.25) is 0 Å². The van der Waals surface area contributed by atoms with E-state index in [0.29, 0.717) is 41.8 Å². The third-order valence-electron chi connectivity index (χ3n) is 7.85. The lowest BCUT2D eigenvalue weighted by atomic mass is 10.00. The number of anilines is 1. The molecule has 2 aliphatic rings. The Labute approximate surface area is 221 Å². The molecule has 0 spiro atoms. The van der Waals surface area contributed by atoms with Gasteiger partial charge in [0.05, 0.1) is 21.9 Å². The van der Waals surface area contributed by atoms with Crippen molar-refractivity contribution >= 4 is 54.3 Å². The molecule has 2 aliphatic carbocycles. The molecule has 1 unspecified atom stereocenters. The van der Waals surface area contributed by atoms with Crippen LogP contribution >= 0.6 is 0 Å². The van der Waals surface area contributed by atoms with Crippen molar-refractivity contribution in [3.8, 4) is 0 Å². The summed E-state index contributed by atoms with van der Waals surface area (Å²) in [5.74, 6) is 0.561. The zero-order chi connectivity index (χ0) is 26.8. The fourth-order valence-electron chi connectivity index (χ4n) is 5.66. The maximum atomic E-state index is 13.5. The zero-order valence-electron chi connectivity index (χ0n) is 21.2. The number of nitrogen functional groups attached to an aromatic ring is 1. The van der Waals surface area contributed by atoms with E-state index in [2.05, 4.69) is 21.3 Å². The summed E-state index contributed by atoms with van der Waals surface area (Å²) in [5, 5.41) is 0.317. The highest BCUT2D eigenvalue weighted by Crippen LogP contribution is 2.45. The molecule has 3 aromatic heterocycles. The van der Waals surface area contributed by atoms with Gasteiger partial charge in [0, 0.05) is 23.8 Å². The second-order valence-electron chi connectivity index (χ2n) is 10.4. The van der Waals surface area contributed by atoms with Crippen LogP contribution in [0.4, 0.5) is 5.95 Å². The van der Waals surface area contributed by atoms with Gasteiger partial charge in [0.25, 0.3) is 20.0 Å². The average Bonchev–Trinajstić information content (AvgIpc) is 3.40. The lowest BCUT2D eigenvalue weighted by Gasteiger charge is -2.21. The summed E-state index contributed by atoms with van der Waals surface area (Å²) in [6.07, 6.45) is 8.39. The van der Waals surface area contributed by atoms with Crippen LogP contribution in [0.15, 0.2) is 52.0 Å². The predicted octanol–water partition coefficient (Wildman–Crippen LogP) is 4.05. The van der Waals surface area contributed by atoms with E-state index in [9.17, 15) is 16.8 Å². The minimum Gasteiger partial charge on any atom is -0.369 e. The molecule has 0 radical (unpaired) electrons. The number of hydrogen-bond donors (Lipinski definition) is 1. The van der Waals surface area contributed by atoms with Gasteiger partial charge in [0.2, 0.25) is 5.95 Å². The van der Waals surface area contributed by atoms with E-state index >= 15 is 0 Å². The Morgan fingerprint density at radius 3 is 2.53 bits per heavy atom. The zero-order valence-corrected chi connectivity index (χ0v) is 22.9. The highest BCUT2D eigenvalue weighted by atomic mass is 32.2. The third kappa shape index (κ3) is 4.10. The van der Waals surface area contributed by atoms with Crippen LogP contribution in [0, 0.1) is 18.8 Å². The highest BCUT2D eigenvalue weighted by molar-refractivity contribution is 7.91. The van der Waals surface area contributed by atoms with Crippen LogP contribution in [0.2, 0.25) is 0 Å². The van der Waals surface area contributed by atoms with Crippen LogP contribution in [-0.2, 0) is 20.0 Å². The minimum atomic E-state index is -3.86. The number of pyridine rings is 1. The van der Waals surface area contributed by atoms with Gasteiger partial charge in [-0.2, -0.15) is 4.40 Å². The van der Waals surface area contributed by atoms with Crippen molar-refractivity contribution in [1.29, 1.82) is 0 Å². The number of sulfonamides is 1.